The van der Waals surface area contributed by atoms with Crippen LogP contribution in [0.15, 0.2) is 114 Å². The number of rotatable bonds is 9. The zero-order chi connectivity index (χ0) is 26.9. The molecule has 4 aromatic carbocycles. The number of carbonyl (C=O) groups excluding carboxylic acids is 3. The van der Waals surface area contributed by atoms with Crippen LogP contribution in [0.1, 0.15) is 31.8 Å². The third-order valence-corrected chi connectivity index (χ3v) is 6.88. The Labute approximate surface area is 230 Å². The van der Waals surface area contributed by atoms with Crippen molar-refractivity contribution < 1.29 is 14.4 Å². The Bertz CT molecular complexity index is 1480. The highest BCUT2D eigenvalue weighted by Gasteiger charge is 2.15. The summed E-state index contributed by atoms with van der Waals surface area (Å²) in [5.74, 6) is -0.651. The molecule has 38 heavy (non-hydrogen) atoms. The molecule has 0 saturated heterocycles. The number of hydrogen-bond acceptors (Lipinski definition) is 4. The smallest absolute Gasteiger partial charge is 0.272 e. The Morgan fingerprint density at radius 3 is 2.26 bits per heavy atom. The molecule has 2 N–H and O–H groups in total. The van der Waals surface area contributed by atoms with Crippen molar-refractivity contribution in [1.29, 1.82) is 0 Å². The lowest BCUT2D eigenvalue weighted by molar-refractivity contribution is -0.113. The van der Waals surface area contributed by atoms with E-state index in [-0.39, 0.29) is 23.1 Å². The summed E-state index contributed by atoms with van der Waals surface area (Å²) in [4.78, 5) is 39.4. The minimum absolute atomic E-state index is 0.0573. The van der Waals surface area contributed by atoms with Gasteiger partial charge in [-0.25, -0.2) is 0 Å². The quantitative estimate of drug-likeness (QED) is 0.136. The van der Waals surface area contributed by atoms with Gasteiger partial charge in [-0.1, -0.05) is 71.8 Å². The summed E-state index contributed by atoms with van der Waals surface area (Å²) in [5.41, 5.74) is 3.45. The highest BCUT2D eigenvalue weighted by Crippen LogP contribution is 2.24. The topological polar surface area (TPSA) is 75.3 Å². The first-order chi connectivity index (χ1) is 18.4. The van der Waals surface area contributed by atoms with E-state index in [0.29, 0.717) is 21.8 Å². The van der Waals surface area contributed by atoms with E-state index < -0.39 is 5.91 Å². The van der Waals surface area contributed by atoms with Crippen molar-refractivity contribution in [2.24, 2.45) is 0 Å². The fraction of sp³-hybridized carbons (Fsp3) is 0.0645. The van der Waals surface area contributed by atoms with Crippen LogP contribution in [-0.4, -0.2) is 23.4 Å². The molecule has 0 bridgehead atoms. The van der Waals surface area contributed by atoms with E-state index >= 15 is 0 Å². The summed E-state index contributed by atoms with van der Waals surface area (Å²) < 4.78 is 0. The number of thioether (sulfide) groups is 1. The van der Waals surface area contributed by atoms with Gasteiger partial charge in [0.25, 0.3) is 11.8 Å². The first-order valence-corrected chi connectivity index (χ1v) is 13.2. The maximum atomic E-state index is 13.2. The number of anilines is 1. The van der Waals surface area contributed by atoms with E-state index in [1.807, 2.05) is 49.4 Å². The van der Waals surface area contributed by atoms with Crippen molar-refractivity contribution in [3.05, 3.63) is 136 Å². The summed E-state index contributed by atoms with van der Waals surface area (Å²) in [6.07, 6.45) is 1.65. The number of benzene rings is 4. The summed E-state index contributed by atoms with van der Waals surface area (Å²) in [6.45, 7) is 1.96. The van der Waals surface area contributed by atoms with Gasteiger partial charge in [-0.15, -0.1) is 11.8 Å². The number of Topliss-reactive ketones (excluding diaryl/α,β-unsaturated/α-hetero) is 1. The van der Waals surface area contributed by atoms with Gasteiger partial charge < -0.3 is 10.6 Å². The van der Waals surface area contributed by atoms with Crippen molar-refractivity contribution >= 4 is 52.7 Å². The molecule has 0 fully saturated rings. The van der Waals surface area contributed by atoms with E-state index in [2.05, 4.69) is 10.6 Å². The average molecular weight is 541 g/mol. The molecule has 190 valence electrons. The van der Waals surface area contributed by atoms with Gasteiger partial charge in [-0.05, 0) is 67.1 Å². The van der Waals surface area contributed by atoms with E-state index in [0.717, 1.165) is 16.0 Å². The van der Waals surface area contributed by atoms with Crippen LogP contribution in [0.4, 0.5) is 5.69 Å². The molecule has 0 heterocycles. The molecule has 0 saturated carbocycles. The lowest BCUT2D eigenvalue weighted by atomic mass is 10.1. The zero-order valence-corrected chi connectivity index (χ0v) is 22.2. The van der Waals surface area contributed by atoms with Crippen LogP contribution in [0.2, 0.25) is 5.02 Å². The van der Waals surface area contributed by atoms with Gasteiger partial charge in [0.1, 0.15) is 5.70 Å². The fourth-order valence-electron chi connectivity index (χ4n) is 3.62. The number of amides is 2. The molecule has 5 nitrogen and oxygen atoms in total. The molecule has 0 spiro atoms. The van der Waals surface area contributed by atoms with Crippen LogP contribution in [-0.2, 0) is 4.79 Å². The van der Waals surface area contributed by atoms with Crippen LogP contribution in [0, 0.1) is 6.92 Å². The molecule has 0 atom stereocenters. The molecule has 0 aliphatic rings. The van der Waals surface area contributed by atoms with Gasteiger partial charge in [-0.2, -0.15) is 0 Å². The second kappa shape index (κ2) is 12.9. The van der Waals surface area contributed by atoms with E-state index in [1.165, 1.54) is 11.8 Å². The van der Waals surface area contributed by atoms with Gasteiger partial charge in [0.15, 0.2) is 5.78 Å². The van der Waals surface area contributed by atoms with Gasteiger partial charge in [0, 0.05) is 21.7 Å². The minimum Gasteiger partial charge on any atom is -0.321 e. The summed E-state index contributed by atoms with van der Waals surface area (Å²) in [5, 5.41) is 6.02. The standard InChI is InChI=1S/C31H25ClN2O3S/c1-21-8-7-9-22(18-21)19-28(34-30(36)23-10-3-2-4-11-23)31(37)33-24-14-16-25(17-15-24)38-20-29(35)26-12-5-6-13-27(26)32/h2-19H,20H2,1H3,(H,33,37)(H,34,36)/b28-19-. The summed E-state index contributed by atoms with van der Waals surface area (Å²) in [7, 11) is 0. The van der Waals surface area contributed by atoms with E-state index in [9.17, 15) is 14.4 Å². The SMILES string of the molecule is Cc1cccc(/C=C(\NC(=O)c2ccccc2)C(=O)Nc2ccc(SCC(=O)c3ccccc3Cl)cc2)c1. The molecule has 0 unspecified atom stereocenters. The predicted octanol–water partition coefficient (Wildman–Crippen LogP) is 7.03. The Morgan fingerprint density at radius 1 is 0.842 bits per heavy atom. The summed E-state index contributed by atoms with van der Waals surface area (Å²) in [6, 6.07) is 30.5. The molecular weight excluding hydrogens is 516 g/mol. The monoisotopic (exact) mass is 540 g/mol. The molecule has 7 heteroatoms. The van der Waals surface area contributed by atoms with Crippen molar-refractivity contribution in [2.45, 2.75) is 11.8 Å². The van der Waals surface area contributed by atoms with Gasteiger partial charge in [0.05, 0.1) is 10.8 Å². The Morgan fingerprint density at radius 2 is 1.55 bits per heavy atom. The Hall–Kier alpha value is -4.13. The van der Waals surface area contributed by atoms with Crippen LogP contribution in [0.25, 0.3) is 6.08 Å². The number of hydrogen-bond donors (Lipinski definition) is 2. The van der Waals surface area contributed by atoms with Crippen LogP contribution < -0.4 is 10.6 Å². The minimum atomic E-state index is -0.454. The first kappa shape index (κ1) is 26.9. The van der Waals surface area contributed by atoms with Crippen molar-refractivity contribution in [3.8, 4) is 0 Å². The predicted molar refractivity (Wildman–Crippen MR) is 155 cm³/mol. The Kier molecular flexibility index (Phi) is 9.14. The van der Waals surface area contributed by atoms with Crippen LogP contribution in [0.5, 0.6) is 0 Å². The second-order valence-electron chi connectivity index (χ2n) is 8.46. The number of ketones is 1. The number of nitrogens with one attached hydrogen (secondary N) is 2. The molecule has 2 amide bonds. The van der Waals surface area contributed by atoms with Gasteiger partial charge in [0.2, 0.25) is 0 Å². The highest BCUT2D eigenvalue weighted by atomic mass is 35.5. The number of halogens is 1. The molecule has 0 radical (unpaired) electrons. The van der Waals surface area contributed by atoms with E-state index in [1.54, 1.807) is 66.7 Å². The fourth-order valence-corrected chi connectivity index (χ4v) is 4.64. The normalized spacial score (nSPS) is 11.1. The molecule has 0 aromatic heterocycles. The summed E-state index contributed by atoms with van der Waals surface area (Å²) >= 11 is 7.51. The lowest BCUT2D eigenvalue weighted by Gasteiger charge is -2.12. The van der Waals surface area contributed by atoms with E-state index in [4.69, 9.17) is 11.6 Å². The van der Waals surface area contributed by atoms with Crippen molar-refractivity contribution in [1.82, 2.24) is 5.32 Å². The maximum absolute atomic E-state index is 13.2. The van der Waals surface area contributed by atoms with Gasteiger partial charge >= 0.3 is 0 Å². The average Bonchev–Trinajstić information content (AvgIpc) is 2.93. The zero-order valence-electron chi connectivity index (χ0n) is 20.6. The lowest BCUT2D eigenvalue weighted by Crippen LogP contribution is -2.30. The number of aryl methyl sites for hydroxylation is 1. The molecule has 4 aromatic rings. The second-order valence-corrected chi connectivity index (χ2v) is 9.92. The van der Waals surface area contributed by atoms with Crippen molar-refractivity contribution in [2.75, 3.05) is 11.1 Å². The maximum Gasteiger partial charge on any atom is 0.272 e. The third kappa shape index (κ3) is 7.44. The van der Waals surface area contributed by atoms with Crippen molar-refractivity contribution in [3.63, 3.8) is 0 Å². The number of carbonyl (C=O) groups is 3. The molecule has 4 rings (SSSR count). The van der Waals surface area contributed by atoms with Crippen LogP contribution >= 0.6 is 23.4 Å². The molecular formula is C31H25ClN2O3S. The molecule has 0 aliphatic carbocycles. The third-order valence-electron chi connectivity index (χ3n) is 5.54. The molecule has 0 aliphatic heterocycles. The first-order valence-electron chi connectivity index (χ1n) is 11.9. The Balaban J connectivity index is 1.45. The largest absolute Gasteiger partial charge is 0.321 e. The van der Waals surface area contributed by atoms with Crippen LogP contribution in [0.3, 0.4) is 0 Å². The highest BCUT2D eigenvalue weighted by molar-refractivity contribution is 8.00. The van der Waals surface area contributed by atoms with Gasteiger partial charge in [-0.3, -0.25) is 14.4 Å².